The highest BCUT2D eigenvalue weighted by atomic mass is 35.5. The minimum atomic E-state index is -4.99. The first kappa shape index (κ1) is 29.8. The molecule has 0 aliphatic heterocycles. The molecule has 206 valence electrons. The van der Waals surface area contributed by atoms with E-state index in [1.54, 1.807) is 24.3 Å². The van der Waals surface area contributed by atoms with Gasteiger partial charge in [-0.1, -0.05) is 41.4 Å². The number of rotatable bonds is 11. The average Bonchev–Trinajstić information content (AvgIpc) is 3.11. The summed E-state index contributed by atoms with van der Waals surface area (Å²) < 4.78 is 66.5. The van der Waals surface area contributed by atoms with Gasteiger partial charge in [0.1, 0.15) is 6.54 Å². The number of halogens is 5. The molecule has 2 atom stereocenters. The number of benzene rings is 2. The lowest BCUT2D eigenvalue weighted by Crippen LogP contribution is -2.37. The van der Waals surface area contributed by atoms with Crippen molar-refractivity contribution in [2.75, 3.05) is 6.26 Å². The van der Waals surface area contributed by atoms with Gasteiger partial charge in [-0.05, 0) is 42.3 Å². The Kier molecular flexibility index (Phi) is 9.42. The van der Waals surface area contributed by atoms with Gasteiger partial charge in [-0.2, -0.15) is 13.2 Å². The smallest absolute Gasteiger partial charge is 0.382 e. The number of hydrogen-bond donors (Lipinski definition) is 2. The van der Waals surface area contributed by atoms with Crippen LogP contribution < -0.4 is 10.4 Å². The minimum absolute atomic E-state index is 0.0120. The molecule has 1 unspecified atom stereocenters. The first-order valence-electron chi connectivity index (χ1n) is 11.1. The zero-order valence-corrected chi connectivity index (χ0v) is 22.2. The standard InChI is InChI=1S/C23H23Cl2F3N4O5S/c1-38(36,37)30-19(17-4-2-3-5-18(17)25)11-10-16(33)12-32-22(35)31(13-20(34)23(26,27)28)21(29-32)14-6-8-15(24)9-7-14/h2-9,19-20,30,34H,10-13H2,1H3/t19?,20-/m0/s1. The van der Waals surface area contributed by atoms with E-state index in [1.807, 2.05) is 0 Å². The molecular formula is C23H23Cl2F3N4O5S. The number of carbonyl (C=O) groups is 1. The van der Waals surface area contributed by atoms with Crippen molar-refractivity contribution in [1.29, 1.82) is 0 Å². The fourth-order valence-electron chi connectivity index (χ4n) is 3.64. The quantitative estimate of drug-likeness (QED) is 0.350. The maximum atomic E-state index is 13.0. The van der Waals surface area contributed by atoms with Crippen LogP contribution in [-0.2, 0) is 27.9 Å². The van der Waals surface area contributed by atoms with Crippen LogP contribution in [0.25, 0.3) is 11.4 Å². The minimum Gasteiger partial charge on any atom is -0.382 e. The highest BCUT2D eigenvalue weighted by molar-refractivity contribution is 7.88. The number of nitrogens with one attached hydrogen (secondary N) is 1. The molecule has 2 N–H and O–H groups in total. The van der Waals surface area contributed by atoms with Gasteiger partial charge < -0.3 is 5.11 Å². The Hall–Kier alpha value is -2.71. The summed E-state index contributed by atoms with van der Waals surface area (Å²) in [6.45, 7) is -1.73. The fraction of sp³-hybridized carbons (Fsp3) is 0.348. The number of sulfonamides is 1. The topological polar surface area (TPSA) is 123 Å². The van der Waals surface area contributed by atoms with Crippen molar-refractivity contribution in [3.05, 3.63) is 74.6 Å². The lowest BCUT2D eigenvalue weighted by molar-refractivity contribution is -0.207. The predicted molar refractivity (Wildman–Crippen MR) is 135 cm³/mol. The number of aliphatic hydroxyl groups is 1. The van der Waals surface area contributed by atoms with Gasteiger partial charge in [-0.25, -0.2) is 22.6 Å². The number of aliphatic hydroxyl groups excluding tert-OH is 1. The molecule has 0 saturated heterocycles. The van der Waals surface area contributed by atoms with E-state index in [0.29, 0.717) is 19.8 Å². The molecular weight excluding hydrogens is 572 g/mol. The van der Waals surface area contributed by atoms with Crippen molar-refractivity contribution in [1.82, 2.24) is 19.1 Å². The molecule has 0 amide bonds. The van der Waals surface area contributed by atoms with Gasteiger partial charge >= 0.3 is 11.9 Å². The number of Topliss-reactive ketones (excluding diaryl/α,β-unsaturated/α-hetero) is 1. The van der Waals surface area contributed by atoms with Crippen LogP contribution >= 0.6 is 23.2 Å². The Balaban J connectivity index is 1.86. The van der Waals surface area contributed by atoms with Crippen molar-refractivity contribution in [2.45, 2.75) is 44.3 Å². The Labute approximate surface area is 225 Å². The lowest BCUT2D eigenvalue weighted by atomic mass is 10.0. The van der Waals surface area contributed by atoms with Gasteiger partial charge in [0.05, 0.1) is 12.8 Å². The Morgan fingerprint density at radius 1 is 1.13 bits per heavy atom. The second kappa shape index (κ2) is 12.0. The Morgan fingerprint density at radius 3 is 2.34 bits per heavy atom. The van der Waals surface area contributed by atoms with Crippen LogP contribution in [-0.4, -0.2) is 52.2 Å². The largest absolute Gasteiger partial charge is 0.416 e. The van der Waals surface area contributed by atoms with E-state index < -0.39 is 52.9 Å². The van der Waals surface area contributed by atoms with Crippen LogP contribution in [0.15, 0.2) is 53.3 Å². The van der Waals surface area contributed by atoms with E-state index in [-0.39, 0.29) is 29.3 Å². The highest BCUT2D eigenvalue weighted by Gasteiger charge is 2.39. The molecule has 0 aliphatic carbocycles. The maximum Gasteiger partial charge on any atom is 0.416 e. The SMILES string of the molecule is CS(=O)(=O)NC(CCC(=O)Cn1nc(-c2ccc(Cl)cc2)n(C[C@H](O)C(F)(F)F)c1=O)c1ccccc1Cl. The molecule has 3 aromatic rings. The zero-order chi connectivity index (χ0) is 28.3. The summed E-state index contributed by atoms with van der Waals surface area (Å²) in [6, 6.07) is 11.4. The number of carbonyl (C=O) groups excluding carboxylic acids is 1. The van der Waals surface area contributed by atoms with E-state index in [0.717, 1.165) is 6.26 Å². The lowest BCUT2D eigenvalue weighted by Gasteiger charge is -2.19. The van der Waals surface area contributed by atoms with E-state index in [2.05, 4.69) is 9.82 Å². The van der Waals surface area contributed by atoms with E-state index in [1.165, 1.54) is 24.3 Å². The highest BCUT2D eigenvalue weighted by Crippen LogP contribution is 2.27. The van der Waals surface area contributed by atoms with Gasteiger partial charge in [-0.15, -0.1) is 5.10 Å². The summed E-state index contributed by atoms with van der Waals surface area (Å²) in [5, 5.41) is 14.2. The summed E-state index contributed by atoms with van der Waals surface area (Å²) in [6.07, 6.45) is -7.10. The third-order valence-electron chi connectivity index (χ3n) is 5.43. The van der Waals surface area contributed by atoms with Crippen LogP contribution in [0.1, 0.15) is 24.4 Å². The first-order valence-corrected chi connectivity index (χ1v) is 13.7. The molecule has 2 aromatic carbocycles. The Morgan fingerprint density at radius 2 is 1.76 bits per heavy atom. The monoisotopic (exact) mass is 594 g/mol. The number of ketones is 1. The molecule has 38 heavy (non-hydrogen) atoms. The van der Waals surface area contributed by atoms with Gasteiger partial charge in [-0.3, -0.25) is 9.36 Å². The maximum absolute atomic E-state index is 13.0. The van der Waals surface area contributed by atoms with Crippen LogP contribution in [0.3, 0.4) is 0 Å². The molecule has 0 fully saturated rings. The molecule has 0 saturated carbocycles. The number of hydrogen-bond acceptors (Lipinski definition) is 6. The Bertz CT molecular complexity index is 1460. The van der Waals surface area contributed by atoms with Crippen molar-refractivity contribution in [3.8, 4) is 11.4 Å². The van der Waals surface area contributed by atoms with Crippen molar-refractivity contribution >= 4 is 39.0 Å². The third-order valence-corrected chi connectivity index (χ3v) is 6.74. The second-order valence-corrected chi connectivity index (χ2v) is 11.1. The molecule has 3 rings (SSSR count). The molecule has 0 aliphatic rings. The normalized spacial score (nSPS) is 13.9. The van der Waals surface area contributed by atoms with E-state index in [9.17, 15) is 36.3 Å². The van der Waals surface area contributed by atoms with Crippen molar-refractivity contribution < 1.29 is 31.5 Å². The number of nitrogens with zero attached hydrogens (tertiary/aromatic N) is 3. The van der Waals surface area contributed by atoms with Crippen LogP contribution in [0.2, 0.25) is 10.0 Å². The third kappa shape index (κ3) is 7.90. The number of alkyl halides is 3. The summed E-state index contributed by atoms with van der Waals surface area (Å²) in [4.78, 5) is 25.7. The summed E-state index contributed by atoms with van der Waals surface area (Å²) >= 11 is 12.1. The summed E-state index contributed by atoms with van der Waals surface area (Å²) in [5.41, 5.74) is -0.355. The van der Waals surface area contributed by atoms with Crippen LogP contribution in [0, 0.1) is 0 Å². The summed E-state index contributed by atoms with van der Waals surface area (Å²) in [7, 11) is -3.68. The zero-order valence-electron chi connectivity index (χ0n) is 19.8. The van der Waals surface area contributed by atoms with Crippen molar-refractivity contribution in [2.24, 2.45) is 0 Å². The predicted octanol–water partition coefficient (Wildman–Crippen LogP) is 3.58. The summed E-state index contributed by atoms with van der Waals surface area (Å²) in [5.74, 6) is -0.737. The molecule has 15 heteroatoms. The first-order chi connectivity index (χ1) is 17.7. The molecule has 1 heterocycles. The van der Waals surface area contributed by atoms with Gasteiger partial charge in [0, 0.05) is 28.1 Å². The molecule has 0 radical (unpaired) electrons. The van der Waals surface area contributed by atoms with Crippen molar-refractivity contribution in [3.63, 3.8) is 0 Å². The van der Waals surface area contributed by atoms with Crippen LogP contribution in [0.5, 0.6) is 0 Å². The molecule has 1 aromatic heterocycles. The molecule has 9 nitrogen and oxygen atoms in total. The van der Waals surface area contributed by atoms with Gasteiger partial charge in [0.2, 0.25) is 10.0 Å². The van der Waals surface area contributed by atoms with Crippen LogP contribution in [0.4, 0.5) is 13.2 Å². The van der Waals surface area contributed by atoms with E-state index >= 15 is 0 Å². The molecule has 0 bridgehead atoms. The van der Waals surface area contributed by atoms with E-state index in [4.69, 9.17) is 23.2 Å². The second-order valence-electron chi connectivity index (χ2n) is 8.48. The van der Waals surface area contributed by atoms with Gasteiger partial charge in [0.15, 0.2) is 17.7 Å². The number of aromatic nitrogens is 3. The average molecular weight is 595 g/mol. The molecule has 0 spiro atoms. The van der Waals surface area contributed by atoms with Gasteiger partial charge in [0.25, 0.3) is 0 Å². The fourth-order valence-corrected chi connectivity index (χ4v) is 4.80.